The van der Waals surface area contributed by atoms with Crippen LogP contribution in [0.5, 0.6) is 0 Å². The molecule has 3 nitrogen and oxygen atoms in total. The van der Waals surface area contributed by atoms with Crippen molar-refractivity contribution in [2.75, 3.05) is 6.61 Å². The molecule has 0 aromatic rings. The molecule has 18 heavy (non-hydrogen) atoms. The van der Waals surface area contributed by atoms with E-state index in [2.05, 4.69) is 6.92 Å². The van der Waals surface area contributed by atoms with Crippen LogP contribution < -0.4 is 0 Å². The monoisotopic (exact) mass is 252 g/mol. The van der Waals surface area contributed by atoms with Crippen LogP contribution in [-0.4, -0.2) is 28.7 Å². The van der Waals surface area contributed by atoms with Crippen LogP contribution in [0, 0.1) is 22.7 Å². The third kappa shape index (κ3) is 1.68. The number of carbonyl (C=O) groups is 1. The first kappa shape index (κ1) is 13.8. The van der Waals surface area contributed by atoms with Crippen LogP contribution in [0.25, 0.3) is 0 Å². The van der Waals surface area contributed by atoms with Gasteiger partial charge in [0.1, 0.15) is 0 Å². The molecule has 0 aromatic carbocycles. The summed E-state index contributed by atoms with van der Waals surface area (Å²) in [5, 5.41) is 19.9. The molecule has 2 rings (SSSR count). The smallest absolute Gasteiger partial charge is 0.159 e. The average molecular weight is 252 g/mol. The molecule has 3 heteroatoms. The predicted octanol–water partition coefficient (Wildman–Crippen LogP) is 1.93. The highest BCUT2D eigenvalue weighted by atomic mass is 16.3. The SMILES string of the molecule is CC1=CC(=O)[C@@H]2C(C)(C)[C@H](O)CC[C@]2(C)[C@@H]1CO. The Morgan fingerprint density at radius 3 is 2.56 bits per heavy atom. The molecule has 0 unspecified atom stereocenters. The maximum Gasteiger partial charge on any atom is 0.159 e. The Hall–Kier alpha value is -0.670. The van der Waals surface area contributed by atoms with Gasteiger partial charge < -0.3 is 10.2 Å². The molecular weight excluding hydrogens is 228 g/mol. The number of hydrogen-bond acceptors (Lipinski definition) is 3. The highest BCUT2D eigenvalue weighted by Gasteiger charge is 2.58. The summed E-state index contributed by atoms with van der Waals surface area (Å²) in [5.41, 5.74) is 0.329. The van der Waals surface area contributed by atoms with Crippen molar-refractivity contribution in [3.05, 3.63) is 11.6 Å². The van der Waals surface area contributed by atoms with Crippen molar-refractivity contribution >= 4 is 5.78 Å². The topological polar surface area (TPSA) is 57.5 Å². The second-order valence-corrected chi connectivity index (χ2v) is 6.84. The second kappa shape index (κ2) is 4.17. The van der Waals surface area contributed by atoms with Crippen molar-refractivity contribution in [2.24, 2.45) is 22.7 Å². The van der Waals surface area contributed by atoms with Gasteiger partial charge in [0.15, 0.2) is 5.78 Å². The van der Waals surface area contributed by atoms with E-state index in [0.29, 0.717) is 6.42 Å². The van der Waals surface area contributed by atoms with E-state index in [-0.39, 0.29) is 29.6 Å². The lowest BCUT2D eigenvalue weighted by atomic mass is 9.47. The molecule has 0 aliphatic heterocycles. The Bertz CT molecular complexity index is 397. The number of aliphatic hydroxyl groups excluding tert-OH is 2. The van der Waals surface area contributed by atoms with E-state index in [1.54, 1.807) is 6.08 Å². The van der Waals surface area contributed by atoms with Gasteiger partial charge >= 0.3 is 0 Å². The van der Waals surface area contributed by atoms with Crippen molar-refractivity contribution in [1.29, 1.82) is 0 Å². The van der Waals surface area contributed by atoms with Crippen molar-refractivity contribution in [3.8, 4) is 0 Å². The van der Waals surface area contributed by atoms with Gasteiger partial charge in [0.05, 0.1) is 12.7 Å². The first-order valence-corrected chi connectivity index (χ1v) is 6.76. The Labute approximate surface area is 109 Å². The number of carbonyl (C=O) groups excluding carboxylic acids is 1. The molecule has 0 heterocycles. The van der Waals surface area contributed by atoms with Crippen LogP contribution in [-0.2, 0) is 4.79 Å². The summed E-state index contributed by atoms with van der Waals surface area (Å²) in [4.78, 5) is 12.4. The van der Waals surface area contributed by atoms with Gasteiger partial charge in [0.25, 0.3) is 0 Å². The minimum absolute atomic E-state index is 0.0342. The largest absolute Gasteiger partial charge is 0.396 e. The molecule has 0 aromatic heterocycles. The quantitative estimate of drug-likeness (QED) is 0.749. The predicted molar refractivity (Wildman–Crippen MR) is 70.0 cm³/mol. The fourth-order valence-electron chi connectivity index (χ4n) is 4.35. The summed E-state index contributed by atoms with van der Waals surface area (Å²) in [7, 11) is 0. The van der Waals surface area contributed by atoms with Gasteiger partial charge in [-0.15, -0.1) is 0 Å². The van der Waals surface area contributed by atoms with E-state index in [1.807, 2.05) is 20.8 Å². The molecule has 1 fully saturated rings. The van der Waals surface area contributed by atoms with Crippen LogP contribution in [0.3, 0.4) is 0 Å². The molecule has 0 spiro atoms. The van der Waals surface area contributed by atoms with Crippen molar-refractivity contribution in [1.82, 2.24) is 0 Å². The van der Waals surface area contributed by atoms with Crippen LogP contribution >= 0.6 is 0 Å². The molecular formula is C15H24O3. The summed E-state index contributed by atoms with van der Waals surface area (Å²) >= 11 is 0. The first-order chi connectivity index (χ1) is 8.25. The molecule has 2 aliphatic rings. The van der Waals surface area contributed by atoms with Crippen LogP contribution in [0.1, 0.15) is 40.5 Å². The standard InChI is InChI=1S/C15H24O3/c1-9-7-11(17)13-14(2,3)12(18)5-6-15(13,4)10(9)8-16/h7,10,12-13,16,18H,5-6,8H2,1-4H3/t10-,12-,13-,15-/m1/s1. The second-order valence-electron chi connectivity index (χ2n) is 6.84. The zero-order valence-electron chi connectivity index (χ0n) is 11.7. The van der Waals surface area contributed by atoms with E-state index < -0.39 is 11.5 Å². The normalized spacial score (nSPS) is 43.3. The van der Waals surface area contributed by atoms with Gasteiger partial charge in [0, 0.05) is 17.3 Å². The molecule has 102 valence electrons. The van der Waals surface area contributed by atoms with Crippen LogP contribution in [0.4, 0.5) is 0 Å². The van der Waals surface area contributed by atoms with E-state index in [9.17, 15) is 15.0 Å². The zero-order valence-corrected chi connectivity index (χ0v) is 11.7. The lowest BCUT2D eigenvalue weighted by Crippen LogP contribution is -2.57. The fourth-order valence-corrected chi connectivity index (χ4v) is 4.35. The molecule has 2 aliphatic carbocycles. The highest BCUT2D eigenvalue weighted by Crippen LogP contribution is 2.58. The van der Waals surface area contributed by atoms with Crippen LogP contribution in [0.2, 0.25) is 0 Å². The number of allylic oxidation sites excluding steroid dienone is 1. The Morgan fingerprint density at radius 1 is 1.39 bits per heavy atom. The van der Waals surface area contributed by atoms with Gasteiger partial charge in [-0.25, -0.2) is 0 Å². The summed E-state index contributed by atoms with van der Waals surface area (Å²) in [5.74, 6) is -0.0509. The van der Waals surface area contributed by atoms with Crippen LogP contribution in [0.15, 0.2) is 11.6 Å². The molecule has 0 amide bonds. The highest BCUT2D eigenvalue weighted by molar-refractivity contribution is 5.95. The Kier molecular flexibility index (Phi) is 3.19. The number of aliphatic hydroxyl groups is 2. The lowest BCUT2D eigenvalue weighted by Gasteiger charge is -2.56. The zero-order chi connectivity index (χ0) is 13.7. The first-order valence-electron chi connectivity index (χ1n) is 6.76. The van der Waals surface area contributed by atoms with E-state index >= 15 is 0 Å². The summed E-state index contributed by atoms with van der Waals surface area (Å²) in [6, 6.07) is 0. The molecule has 4 atom stereocenters. The van der Waals surface area contributed by atoms with Crippen molar-refractivity contribution in [2.45, 2.75) is 46.6 Å². The summed E-state index contributed by atoms with van der Waals surface area (Å²) in [6.07, 6.45) is 2.74. The number of ketones is 1. The lowest BCUT2D eigenvalue weighted by molar-refractivity contribution is -0.153. The maximum atomic E-state index is 12.4. The molecule has 0 saturated heterocycles. The van der Waals surface area contributed by atoms with Gasteiger partial charge in [0.2, 0.25) is 0 Å². The Morgan fingerprint density at radius 2 is 2.00 bits per heavy atom. The Balaban J connectivity index is 2.53. The maximum absolute atomic E-state index is 12.4. The van der Waals surface area contributed by atoms with Crippen molar-refractivity contribution < 1.29 is 15.0 Å². The van der Waals surface area contributed by atoms with E-state index in [1.165, 1.54) is 0 Å². The fraction of sp³-hybridized carbons (Fsp3) is 0.800. The third-order valence-electron chi connectivity index (χ3n) is 5.40. The number of fused-ring (bicyclic) bond motifs is 1. The van der Waals surface area contributed by atoms with Gasteiger partial charge in [-0.1, -0.05) is 26.3 Å². The van der Waals surface area contributed by atoms with E-state index in [0.717, 1.165) is 12.0 Å². The summed E-state index contributed by atoms with van der Waals surface area (Å²) in [6.45, 7) is 8.05. The minimum Gasteiger partial charge on any atom is -0.396 e. The number of rotatable bonds is 1. The van der Waals surface area contributed by atoms with Crippen molar-refractivity contribution in [3.63, 3.8) is 0 Å². The van der Waals surface area contributed by atoms with E-state index in [4.69, 9.17) is 0 Å². The van der Waals surface area contributed by atoms with Gasteiger partial charge in [-0.05, 0) is 31.3 Å². The molecule has 0 bridgehead atoms. The molecule has 1 saturated carbocycles. The minimum atomic E-state index is -0.439. The van der Waals surface area contributed by atoms with Gasteiger partial charge in [-0.3, -0.25) is 4.79 Å². The average Bonchev–Trinajstić information content (AvgIpc) is 2.23. The van der Waals surface area contributed by atoms with Gasteiger partial charge in [-0.2, -0.15) is 0 Å². The molecule has 2 N–H and O–H groups in total. The summed E-state index contributed by atoms with van der Waals surface area (Å²) < 4.78 is 0. The molecule has 0 radical (unpaired) electrons. The third-order valence-corrected chi connectivity index (χ3v) is 5.40. The number of hydrogen-bond donors (Lipinski definition) is 2.